The van der Waals surface area contributed by atoms with Gasteiger partial charge < -0.3 is 9.84 Å². The molecule has 2 aromatic rings. The lowest BCUT2D eigenvalue weighted by atomic mass is 10.2. The summed E-state index contributed by atoms with van der Waals surface area (Å²) in [5, 5.41) is 7.20. The van der Waals surface area contributed by atoms with Gasteiger partial charge in [-0.05, 0) is 18.6 Å². The van der Waals surface area contributed by atoms with Crippen LogP contribution in [0.3, 0.4) is 0 Å². The Morgan fingerprint density at radius 1 is 1.43 bits per heavy atom. The van der Waals surface area contributed by atoms with Gasteiger partial charge in [-0.15, -0.1) is 6.58 Å². The molecule has 6 heteroatoms. The van der Waals surface area contributed by atoms with E-state index in [9.17, 15) is 4.79 Å². The molecule has 0 atom stereocenters. The van der Waals surface area contributed by atoms with Crippen molar-refractivity contribution in [2.24, 2.45) is 0 Å². The van der Waals surface area contributed by atoms with Crippen LogP contribution in [-0.2, 0) is 11.2 Å². The van der Waals surface area contributed by atoms with Crippen LogP contribution in [-0.4, -0.2) is 22.6 Å². The number of hydrogen-bond donors (Lipinski definition) is 1. The van der Waals surface area contributed by atoms with E-state index < -0.39 is 0 Å². The van der Waals surface area contributed by atoms with E-state index in [2.05, 4.69) is 22.0 Å². The van der Waals surface area contributed by atoms with Gasteiger partial charge in [-0.1, -0.05) is 35.0 Å². The van der Waals surface area contributed by atoms with Gasteiger partial charge in [0.2, 0.25) is 17.6 Å². The number of nitrogens with zero attached hydrogens (tertiary/aromatic N) is 2. The normalized spacial score (nSPS) is 10.3. The Balaban J connectivity index is 1.88. The highest BCUT2D eigenvalue weighted by Gasteiger charge is 2.11. The molecule has 0 saturated carbocycles. The summed E-state index contributed by atoms with van der Waals surface area (Å²) in [6, 6.07) is 7.31. The molecule has 1 aromatic heterocycles. The average Bonchev–Trinajstić information content (AvgIpc) is 2.94. The second kappa shape index (κ2) is 7.59. The van der Waals surface area contributed by atoms with Crippen LogP contribution in [0.2, 0.25) is 5.02 Å². The van der Waals surface area contributed by atoms with E-state index >= 15 is 0 Å². The van der Waals surface area contributed by atoms with Crippen LogP contribution in [0.1, 0.15) is 18.7 Å². The molecule has 0 bridgehead atoms. The lowest BCUT2D eigenvalue weighted by Gasteiger charge is -2.00. The smallest absolute Gasteiger partial charge is 0.226 e. The number of carbonyl (C=O) groups excluding carboxylic acids is 1. The Morgan fingerprint density at radius 2 is 2.24 bits per heavy atom. The average molecular weight is 306 g/mol. The maximum atomic E-state index is 11.4. The molecule has 5 nitrogen and oxygen atoms in total. The molecule has 0 saturated heterocycles. The summed E-state index contributed by atoms with van der Waals surface area (Å²) >= 11 is 6.08. The predicted octanol–water partition coefficient (Wildman–Crippen LogP) is 3.01. The Bertz CT molecular complexity index is 625. The van der Waals surface area contributed by atoms with Crippen LogP contribution in [0, 0.1) is 0 Å². The van der Waals surface area contributed by atoms with Gasteiger partial charge in [0.25, 0.3) is 0 Å². The lowest BCUT2D eigenvalue weighted by molar-refractivity contribution is -0.120. The topological polar surface area (TPSA) is 68.0 Å². The summed E-state index contributed by atoms with van der Waals surface area (Å²) in [5.41, 5.74) is 0.734. The van der Waals surface area contributed by atoms with Crippen LogP contribution < -0.4 is 5.32 Å². The van der Waals surface area contributed by atoms with E-state index in [-0.39, 0.29) is 5.91 Å². The van der Waals surface area contributed by atoms with Gasteiger partial charge >= 0.3 is 0 Å². The molecular weight excluding hydrogens is 290 g/mol. The highest BCUT2D eigenvalue weighted by molar-refractivity contribution is 6.33. The Morgan fingerprint density at radius 3 is 3.00 bits per heavy atom. The van der Waals surface area contributed by atoms with E-state index in [1.54, 1.807) is 12.1 Å². The SMILES string of the molecule is C=CCNC(=O)CCCc1nc(-c2ccccc2Cl)no1. The van der Waals surface area contributed by atoms with Gasteiger partial charge in [-0.3, -0.25) is 4.79 Å². The summed E-state index contributed by atoms with van der Waals surface area (Å²) in [5.74, 6) is 0.953. The molecule has 1 N–H and O–H groups in total. The fourth-order valence-electron chi connectivity index (χ4n) is 1.78. The fraction of sp³-hybridized carbons (Fsp3) is 0.267. The number of carbonyl (C=O) groups is 1. The number of benzene rings is 1. The van der Waals surface area contributed by atoms with Crippen molar-refractivity contribution >= 4 is 17.5 Å². The molecule has 1 aromatic carbocycles. The van der Waals surface area contributed by atoms with Crippen LogP contribution in [0.25, 0.3) is 11.4 Å². The summed E-state index contributed by atoms with van der Waals surface area (Å²) < 4.78 is 5.17. The second-order valence-electron chi connectivity index (χ2n) is 4.44. The zero-order valence-corrected chi connectivity index (χ0v) is 12.3. The van der Waals surface area contributed by atoms with Crippen molar-refractivity contribution in [3.63, 3.8) is 0 Å². The molecule has 0 aliphatic rings. The molecule has 0 spiro atoms. The first kappa shape index (κ1) is 15.3. The van der Waals surface area contributed by atoms with Crippen LogP contribution in [0.4, 0.5) is 0 Å². The molecule has 0 fully saturated rings. The van der Waals surface area contributed by atoms with Crippen molar-refractivity contribution in [3.8, 4) is 11.4 Å². The third-order valence-corrected chi connectivity index (χ3v) is 3.15. The van der Waals surface area contributed by atoms with Crippen molar-refractivity contribution in [1.29, 1.82) is 0 Å². The van der Waals surface area contributed by atoms with E-state index in [0.29, 0.717) is 42.5 Å². The minimum Gasteiger partial charge on any atom is -0.353 e. The number of nitrogens with one attached hydrogen (secondary N) is 1. The number of amides is 1. The van der Waals surface area contributed by atoms with Gasteiger partial charge in [0.15, 0.2) is 0 Å². The zero-order chi connectivity index (χ0) is 15.1. The molecule has 21 heavy (non-hydrogen) atoms. The highest BCUT2D eigenvalue weighted by Crippen LogP contribution is 2.25. The Hall–Kier alpha value is -2.14. The first-order valence-corrected chi connectivity index (χ1v) is 7.03. The molecule has 0 unspecified atom stereocenters. The number of halogens is 1. The van der Waals surface area contributed by atoms with E-state index in [1.807, 2.05) is 18.2 Å². The Kier molecular flexibility index (Phi) is 5.51. The van der Waals surface area contributed by atoms with Gasteiger partial charge in [-0.25, -0.2) is 0 Å². The number of hydrogen-bond acceptors (Lipinski definition) is 4. The van der Waals surface area contributed by atoms with Gasteiger partial charge in [0.1, 0.15) is 0 Å². The van der Waals surface area contributed by atoms with Crippen molar-refractivity contribution in [3.05, 3.63) is 47.8 Å². The molecule has 1 amide bonds. The second-order valence-corrected chi connectivity index (χ2v) is 4.85. The maximum Gasteiger partial charge on any atom is 0.226 e. The van der Waals surface area contributed by atoms with Crippen LogP contribution in [0.5, 0.6) is 0 Å². The van der Waals surface area contributed by atoms with E-state index in [1.165, 1.54) is 0 Å². The predicted molar refractivity (Wildman–Crippen MR) is 80.9 cm³/mol. The standard InChI is InChI=1S/C15H16ClN3O2/c1-2-10-17-13(20)8-5-9-14-18-15(19-21-14)11-6-3-4-7-12(11)16/h2-4,6-7H,1,5,8-10H2,(H,17,20). The van der Waals surface area contributed by atoms with Crippen LogP contribution in [0.15, 0.2) is 41.4 Å². The van der Waals surface area contributed by atoms with E-state index in [4.69, 9.17) is 16.1 Å². The van der Waals surface area contributed by atoms with Crippen molar-refractivity contribution in [2.75, 3.05) is 6.54 Å². The zero-order valence-electron chi connectivity index (χ0n) is 11.5. The van der Waals surface area contributed by atoms with E-state index in [0.717, 1.165) is 5.56 Å². The molecule has 0 radical (unpaired) electrons. The summed E-state index contributed by atoms with van der Waals surface area (Å²) in [6.45, 7) is 4.02. The fourth-order valence-corrected chi connectivity index (χ4v) is 2.00. The van der Waals surface area contributed by atoms with Crippen molar-refractivity contribution < 1.29 is 9.32 Å². The van der Waals surface area contributed by atoms with Crippen molar-refractivity contribution in [2.45, 2.75) is 19.3 Å². The summed E-state index contributed by atoms with van der Waals surface area (Å²) in [4.78, 5) is 15.7. The molecule has 0 aliphatic carbocycles. The lowest BCUT2D eigenvalue weighted by Crippen LogP contribution is -2.22. The largest absolute Gasteiger partial charge is 0.353 e. The number of aromatic nitrogens is 2. The third-order valence-electron chi connectivity index (χ3n) is 2.82. The first-order chi connectivity index (χ1) is 10.2. The monoisotopic (exact) mass is 305 g/mol. The summed E-state index contributed by atoms with van der Waals surface area (Å²) in [6.07, 6.45) is 3.26. The number of aryl methyl sites for hydroxylation is 1. The maximum absolute atomic E-state index is 11.4. The highest BCUT2D eigenvalue weighted by atomic mass is 35.5. The first-order valence-electron chi connectivity index (χ1n) is 6.66. The van der Waals surface area contributed by atoms with Gasteiger partial charge in [0.05, 0.1) is 5.02 Å². The van der Waals surface area contributed by atoms with Crippen LogP contribution >= 0.6 is 11.6 Å². The van der Waals surface area contributed by atoms with Gasteiger partial charge in [0, 0.05) is 24.9 Å². The quantitative estimate of drug-likeness (QED) is 0.798. The minimum absolute atomic E-state index is 0.0132. The summed E-state index contributed by atoms with van der Waals surface area (Å²) in [7, 11) is 0. The molecule has 1 heterocycles. The molecule has 110 valence electrons. The Labute approximate surface area is 128 Å². The molecule has 0 aliphatic heterocycles. The molecule has 2 rings (SSSR count). The van der Waals surface area contributed by atoms with Gasteiger partial charge in [-0.2, -0.15) is 4.98 Å². The minimum atomic E-state index is -0.0132. The molecular formula is C15H16ClN3O2. The van der Waals surface area contributed by atoms with Crippen molar-refractivity contribution in [1.82, 2.24) is 15.5 Å². The number of rotatable bonds is 7. The third kappa shape index (κ3) is 4.43.